The lowest BCUT2D eigenvalue weighted by molar-refractivity contribution is -0.171. The average molecular weight is 429 g/mol. The molecule has 4 unspecified atom stereocenters. The highest BCUT2D eigenvalue weighted by atomic mass is 19.4. The van der Waals surface area contributed by atoms with Crippen LogP contribution in [0, 0.1) is 40.4 Å². The number of carbonyl (C=O) groups is 1. The number of aliphatic hydroxyl groups is 1. The zero-order valence-electron chi connectivity index (χ0n) is 18.9. The molecule has 0 saturated heterocycles. The van der Waals surface area contributed by atoms with Crippen molar-refractivity contribution in [2.75, 3.05) is 0 Å². The first kappa shape index (κ1) is 22.6. The Morgan fingerprint density at radius 2 is 1.63 bits per heavy atom. The van der Waals surface area contributed by atoms with Gasteiger partial charge in [0, 0.05) is 6.42 Å². The zero-order valence-corrected chi connectivity index (χ0v) is 18.9. The van der Waals surface area contributed by atoms with Gasteiger partial charge in [-0.2, -0.15) is 13.2 Å². The number of ketones is 1. The van der Waals surface area contributed by atoms with Crippen LogP contribution in [0.15, 0.2) is 0 Å². The molecule has 0 heterocycles. The normalized spacial score (nSPS) is 48.6. The molecule has 30 heavy (non-hydrogen) atoms. The Balaban J connectivity index is 1.42. The minimum absolute atomic E-state index is 0.228. The number of hydrogen-bond donors (Lipinski definition) is 1. The van der Waals surface area contributed by atoms with Gasteiger partial charge >= 0.3 is 6.18 Å². The van der Waals surface area contributed by atoms with Crippen molar-refractivity contribution in [3.05, 3.63) is 0 Å². The second kappa shape index (κ2) is 7.49. The van der Waals surface area contributed by atoms with E-state index in [0.29, 0.717) is 29.6 Å². The van der Waals surface area contributed by atoms with E-state index in [1.165, 1.54) is 32.1 Å². The van der Waals surface area contributed by atoms with Crippen molar-refractivity contribution in [2.24, 2.45) is 40.4 Å². The molecule has 4 aliphatic carbocycles. The summed E-state index contributed by atoms with van der Waals surface area (Å²) >= 11 is 0. The van der Waals surface area contributed by atoms with Gasteiger partial charge in [0.15, 0.2) is 0 Å². The van der Waals surface area contributed by atoms with Crippen LogP contribution in [0.1, 0.15) is 97.8 Å². The summed E-state index contributed by atoms with van der Waals surface area (Å²) in [6.07, 6.45) is 6.23. The Hall–Kier alpha value is -0.580. The number of fused-ring (bicyclic) bond motifs is 5. The summed E-state index contributed by atoms with van der Waals surface area (Å²) in [5, 5.41) is 10.6. The standard InChI is InChI=1S/C25H39F3O2/c1-22(30)13-14-24(3)17(15-22)7-9-18-19-10-8-16(23(19,2)12-11-20(18)24)5-4-6-21(29)25(26,27)28/h16-20,30H,4-15H2,1-3H3/t16-,17-,18?,19?,20?,22-,23+,24?/m0/s1. The minimum Gasteiger partial charge on any atom is -0.390 e. The van der Waals surface area contributed by atoms with Gasteiger partial charge in [-0.3, -0.25) is 4.79 Å². The molecule has 4 aliphatic rings. The van der Waals surface area contributed by atoms with E-state index >= 15 is 0 Å². The number of carbonyl (C=O) groups excluding carboxylic acids is 1. The molecule has 0 aromatic heterocycles. The van der Waals surface area contributed by atoms with Crippen molar-refractivity contribution >= 4 is 5.78 Å². The molecule has 172 valence electrons. The summed E-state index contributed by atoms with van der Waals surface area (Å²) < 4.78 is 37.6. The van der Waals surface area contributed by atoms with Crippen LogP contribution in [-0.4, -0.2) is 22.7 Å². The van der Waals surface area contributed by atoms with E-state index in [2.05, 4.69) is 13.8 Å². The molecular weight excluding hydrogens is 389 g/mol. The van der Waals surface area contributed by atoms with Gasteiger partial charge in [-0.15, -0.1) is 0 Å². The fourth-order valence-electron chi connectivity index (χ4n) is 8.66. The zero-order chi connectivity index (χ0) is 21.9. The summed E-state index contributed by atoms with van der Waals surface area (Å²) in [7, 11) is 0. The quantitative estimate of drug-likeness (QED) is 0.541. The summed E-state index contributed by atoms with van der Waals surface area (Å²) in [6, 6.07) is 0. The van der Waals surface area contributed by atoms with Gasteiger partial charge in [0.2, 0.25) is 5.78 Å². The van der Waals surface area contributed by atoms with E-state index in [-0.39, 0.29) is 11.8 Å². The monoisotopic (exact) mass is 428 g/mol. The van der Waals surface area contributed by atoms with E-state index in [1.54, 1.807) is 0 Å². The van der Waals surface area contributed by atoms with Crippen molar-refractivity contribution in [3.63, 3.8) is 0 Å². The maximum atomic E-state index is 12.5. The Morgan fingerprint density at radius 3 is 2.33 bits per heavy atom. The van der Waals surface area contributed by atoms with Crippen molar-refractivity contribution < 1.29 is 23.1 Å². The van der Waals surface area contributed by atoms with Gasteiger partial charge in [-0.25, -0.2) is 0 Å². The maximum absolute atomic E-state index is 12.5. The maximum Gasteiger partial charge on any atom is 0.449 e. The highest BCUT2D eigenvalue weighted by Crippen LogP contribution is 2.68. The highest BCUT2D eigenvalue weighted by Gasteiger charge is 2.60. The minimum atomic E-state index is -4.68. The van der Waals surface area contributed by atoms with Gasteiger partial charge in [0.1, 0.15) is 0 Å². The molecule has 4 rings (SSSR count). The van der Waals surface area contributed by atoms with Crippen LogP contribution in [0.2, 0.25) is 0 Å². The van der Waals surface area contributed by atoms with Crippen LogP contribution < -0.4 is 0 Å². The lowest BCUT2D eigenvalue weighted by Crippen LogP contribution is -2.55. The van der Waals surface area contributed by atoms with Crippen LogP contribution >= 0.6 is 0 Å². The summed E-state index contributed by atoms with van der Waals surface area (Å²) in [5.74, 6) is 1.66. The van der Waals surface area contributed by atoms with E-state index in [1.807, 2.05) is 6.92 Å². The first-order valence-electron chi connectivity index (χ1n) is 12.2. The molecule has 0 aromatic rings. The molecule has 0 amide bonds. The van der Waals surface area contributed by atoms with E-state index in [0.717, 1.165) is 43.9 Å². The Kier molecular flexibility index (Phi) is 5.64. The Labute approximate surface area is 179 Å². The molecule has 0 bridgehead atoms. The molecule has 8 atom stereocenters. The third-order valence-electron chi connectivity index (χ3n) is 10.4. The molecule has 4 fully saturated rings. The van der Waals surface area contributed by atoms with Crippen molar-refractivity contribution in [3.8, 4) is 0 Å². The third-order valence-corrected chi connectivity index (χ3v) is 10.4. The van der Waals surface area contributed by atoms with Crippen molar-refractivity contribution in [1.29, 1.82) is 0 Å². The molecule has 0 radical (unpaired) electrons. The largest absolute Gasteiger partial charge is 0.449 e. The van der Waals surface area contributed by atoms with Gasteiger partial charge < -0.3 is 5.11 Å². The topological polar surface area (TPSA) is 37.3 Å². The SMILES string of the molecule is CC12CC[C@](C)(O)C[C@@H]1CCC1C2CC[C@@]2(C)C1CC[C@@H]2CCCC(=O)C(F)(F)F. The molecular formula is C25H39F3O2. The Morgan fingerprint density at radius 1 is 0.933 bits per heavy atom. The Bertz CT molecular complexity index is 672. The van der Waals surface area contributed by atoms with Crippen molar-refractivity contribution in [1.82, 2.24) is 0 Å². The predicted molar refractivity (Wildman–Crippen MR) is 111 cm³/mol. The average Bonchev–Trinajstić information content (AvgIpc) is 2.98. The number of halogens is 3. The fraction of sp³-hybridized carbons (Fsp3) is 0.960. The molecule has 0 spiro atoms. The second-order valence-corrected chi connectivity index (χ2v) is 12.0. The molecule has 1 N–H and O–H groups in total. The molecule has 0 aromatic carbocycles. The summed E-state index contributed by atoms with van der Waals surface area (Å²) in [6.45, 7) is 6.89. The second-order valence-electron chi connectivity index (χ2n) is 12.0. The first-order chi connectivity index (χ1) is 13.9. The van der Waals surface area contributed by atoms with Gasteiger partial charge in [-0.1, -0.05) is 13.8 Å². The van der Waals surface area contributed by atoms with E-state index in [9.17, 15) is 23.1 Å². The highest BCUT2D eigenvalue weighted by molar-refractivity contribution is 5.83. The number of alkyl halides is 3. The number of Topliss-reactive ketones (excluding diaryl/α,β-unsaturated/α-hetero) is 1. The fourth-order valence-corrected chi connectivity index (χ4v) is 8.66. The third kappa shape index (κ3) is 3.75. The summed E-state index contributed by atoms with van der Waals surface area (Å²) in [5.41, 5.74) is 0.0575. The summed E-state index contributed by atoms with van der Waals surface area (Å²) in [4.78, 5) is 11.3. The lowest BCUT2D eigenvalue weighted by Gasteiger charge is -2.62. The molecule has 4 saturated carbocycles. The number of hydrogen-bond acceptors (Lipinski definition) is 2. The van der Waals surface area contributed by atoms with Crippen LogP contribution in [0.25, 0.3) is 0 Å². The molecule has 2 nitrogen and oxygen atoms in total. The van der Waals surface area contributed by atoms with Crippen molar-refractivity contribution in [2.45, 2.75) is 110 Å². The van der Waals surface area contributed by atoms with Crippen LogP contribution in [-0.2, 0) is 4.79 Å². The van der Waals surface area contributed by atoms with E-state index < -0.39 is 17.6 Å². The van der Waals surface area contributed by atoms with Gasteiger partial charge in [0.05, 0.1) is 5.60 Å². The van der Waals surface area contributed by atoms with E-state index in [4.69, 9.17) is 0 Å². The number of rotatable bonds is 4. The van der Waals surface area contributed by atoms with Gasteiger partial charge in [-0.05, 0) is 118 Å². The van der Waals surface area contributed by atoms with Crippen LogP contribution in [0.5, 0.6) is 0 Å². The first-order valence-corrected chi connectivity index (χ1v) is 12.2. The lowest BCUT2D eigenvalue weighted by atomic mass is 9.44. The van der Waals surface area contributed by atoms with Crippen LogP contribution in [0.4, 0.5) is 13.2 Å². The van der Waals surface area contributed by atoms with Gasteiger partial charge in [0.25, 0.3) is 0 Å². The molecule has 5 heteroatoms. The molecule has 0 aliphatic heterocycles. The predicted octanol–water partition coefficient (Wildman–Crippen LogP) is 6.70. The smallest absolute Gasteiger partial charge is 0.390 e. The van der Waals surface area contributed by atoms with Crippen LogP contribution in [0.3, 0.4) is 0 Å².